The van der Waals surface area contributed by atoms with Crippen LogP contribution in [0, 0.1) is 0 Å². The fraction of sp³-hybridized carbons (Fsp3) is 0. The molecule has 4 aromatic carbocycles. The molecule has 0 aromatic heterocycles. The van der Waals surface area contributed by atoms with Gasteiger partial charge in [0.25, 0.3) is 0 Å². The maximum Gasteiger partial charge on any atom is 0.127 e. The lowest BCUT2D eigenvalue weighted by Gasteiger charge is -2.08. The van der Waals surface area contributed by atoms with Crippen molar-refractivity contribution in [2.45, 2.75) is 9.79 Å². The van der Waals surface area contributed by atoms with Gasteiger partial charge in [0, 0.05) is 19.8 Å². The monoisotopic (exact) mass is 470 g/mol. The molecule has 0 atom stereocenters. The summed E-state index contributed by atoms with van der Waals surface area (Å²) in [5, 5.41) is 1.38. The van der Waals surface area contributed by atoms with Gasteiger partial charge in [0.05, 0.1) is 0 Å². The zero-order chi connectivity index (χ0) is 20.8. The molecule has 0 radical (unpaired) electrons. The molecule has 0 saturated heterocycles. The molecule has 0 aliphatic rings. The first-order chi connectivity index (χ1) is 14.6. The van der Waals surface area contributed by atoms with Gasteiger partial charge in [-0.3, -0.25) is 0 Å². The molecular formula is C24H16Cl2O2S2. The predicted octanol–water partition coefficient (Wildman–Crippen LogP) is 9.38. The second-order valence-electron chi connectivity index (χ2n) is 6.22. The highest BCUT2D eigenvalue weighted by Gasteiger charge is 2.02. The third-order valence-electron chi connectivity index (χ3n) is 3.98. The summed E-state index contributed by atoms with van der Waals surface area (Å²) in [6, 6.07) is 30.6. The Hall–Kier alpha value is -2.24. The maximum absolute atomic E-state index is 5.90. The van der Waals surface area contributed by atoms with E-state index in [4.69, 9.17) is 32.7 Å². The first-order valence-electron chi connectivity index (χ1n) is 9.05. The summed E-state index contributed by atoms with van der Waals surface area (Å²) in [7, 11) is 3.38. The Morgan fingerprint density at radius 3 is 0.967 bits per heavy atom. The van der Waals surface area contributed by atoms with Crippen LogP contribution in [0.4, 0.5) is 0 Å². The summed E-state index contributed by atoms with van der Waals surface area (Å²) in [5.41, 5.74) is 0. The summed E-state index contributed by atoms with van der Waals surface area (Å²) >= 11 is 11.8. The van der Waals surface area contributed by atoms with Crippen LogP contribution in [0.15, 0.2) is 107 Å². The van der Waals surface area contributed by atoms with E-state index in [1.807, 2.05) is 97.1 Å². The summed E-state index contributed by atoms with van der Waals surface area (Å²) < 4.78 is 11.6. The molecule has 0 unspecified atom stereocenters. The van der Waals surface area contributed by atoms with Crippen LogP contribution in [-0.4, -0.2) is 0 Å². The van der Waals surface area contributed by atoms with Crippen molar-refractivity contribution >= 4 is 44.8 Å². The second kappa shape index (κ2) is 10.2. The highest BCUT2D eigenvalue weighted by molar-refractivity contribution is 8.76. The normalized spacial score (nSPS) is 10.6. The number of ether oxygens (including phenoxy) is 2. The fourth-order valence-corrected chi connectivity index (χ4v) is 4.68. The zero-order valence-electron chi connectivity index (χ0n) is 15.6. The minimum atomic E-state index is 0.690. The van der Waals surface area contributed by atoms with Crippen molar-refractivity contribution in [2.24, 2.45) is 0 Å². The van der Waals surface area contributed by atoms with Crippen LogP contribution in [0.25, 0.3) is 0 Å². The number of hydrogen-bond acceptors (Lipinski definition) is 4. The van der Waals surface area contributed by atoms with E-state index >= 15 is 0 Å². The van der Waals surface area contributed by atoms with Crippen LogP contribution in [0.2, 0.25) is 10.0 Å². The van der Waals surface area contributed by atoms with Gasteiger partial charge in [-0.15, -0.1) is 0 Å². The van der Waals surface area contributed by atoms with Crippen LogP contribution in [0.5, 0.6) is 23.0 Å². The predicted molar refractivity (Wildman–Crippen MR) is 128 cm³/mol. The van der Waals surface area contributed by atoms with Crippen molar-refractivity contribution in [1.82, 2.24) is 0 Å². The maximum atomic E-state index is 5.90. The second-order valence-corrected chi connectivity index (χ2v) is 9.37. The Labute approximate surface area is 193 Å². The van der Waals surface area contributed by atoms with Gasteiger partial charge in [0.2, 0.25) is 0 Å². The molecule has 4 aromatic rings. The third kappa shape index (κ3) is 6.13. The van der Waals surface area contributed by atoms with Crippen molar-refractivity contribution in [3.63, 3.8) is 0 Å². The average molecular weight is 471 g/mol. The Morgan fingerprint density at radius 2 is 0.667 bits per heavy atom. The Kier molecular flexibility index (Phi) is 7.13. The Bertz CT molecular complexity index is 991. The van der Waals surface area contributed by atoms with Crippen molar-refractivity contribution in [3.8, 4) is 23.0 Å². The molecule has 0 fully saturated rings. The van der Waals surface area contributed by atoms with Crippen molar-refractivity contribution < 1.29 is 9.47 Å². The first-order valence-corrected chi connectivity index (χ1v) is 12.0. The van der Waals surface area contributed by atoms with Gasteiger partial charge >= 0.3 is 0 Å². The average Bonchev–Trinajstić information content (AvgIpc) is 2.77. The zero-order valence-corrected chi connectivity index (χ0v) is 18.8. The fourth-order valence-electron chi connectivity index (χ4n) is 2.50. The molecule has 6 heteroatoms. The van der Waals surface area contributed by atoms with Gasteiger partial charge in [-0.05, 0) is 97.1 Å². The minimum Gasteiger partial charge on any atom is -0.457 e. The lowest BCUT2D eigenvalue weighted by atomic mass is 10.3. The molecule has 150 valence electrons. The van der Waals surface area contributed by atoms with E-state index < -0.39 is 0 Å². The smallest absolute Gasteiger partial charge is 0.127 e. The van der Waals surface area contributed by atoms with Crippen LogP contribution in [0.3, 0.4) is 0 Å². The van der Waals surface area contributed by atoms with Crippen LogP contribution >= 0.6 is 44.8 Å². The summed E-state index contributed by atoms with van der Waals surface area (Å²) in [4.78, 5) is 2.29. The van der Waals surface area contributed by atoms with Crippen molar-refractivity contribution in [1.29, 1.82) is 0 Å². The summed E-state index contributed by atoms with van der Waals surface area (Å²) in [6.07, 6.45) is 0. The molecule has 0 saturated carbocycles. The van der Waals surface area contributed by atoms with E-state index in [0.29, 0.717) is 10.0 Å². The highest BCUT2D eigenvalue weighted by Crippen LogP contribution is 2.39. The van der Waals surface area contributed by atoms with Crippen LogP contribution in [0.1, 0.15) is 0 Å². The van der Waals surface area contributed by atoms with E-state index in [2.05, 4.69) is 0 Å². The molecule has 0 spiro atoms. The number of hydrogen-bond donors (Lipinski definition) is 0. The van der Waals surface area contributed by atoms with Gasteiger partial charge in [-0.1, -0.05) is 44.8 Å². The van der Waals surface area contributed by atoms with Crippen LogP contribution < -0.4 is 9.47 Å². The molecule has 0 amide bonds. The Balaban J connectivity index is 1.29. The van der Waals surface area contributed by atoms with Gasteiger partial charge < -0.3 is 9.47 Å². The topological polar surface area (TPSA) is 18.5 Å². The van der Waals surface area contributed by atoms with E-state index in [-0.39, 0.29) is 0 Å². The van der Waals surface area contributed by atoms with Crippen molar-refractivity contribution in [2.75, 3.05) is 0 Å². The SMILES string of the molecule is Clc1ccc(Oc2ccc(SSc3ccc(Oc4ccc(Cl)cc4)cc3)cc2)cc1. The van der Waals surface area contributed by atoms with Gasteiger partial charge in [-0.25, -0.2) is 0 Å². The lowest BCUT2D eigenvalue weighted by Crippen LogP contribution is -1.83. The summed E-state index contributed by atoms with van der Waals surface area (Å²) in [6.45, 7) is 0. The molecule has 0 aliphatic heterocycles. The first kappa shape index (κ1) is 21.0. The number of benzene rings is 4. The molecule has 30 heavy (non-hydrogen) atoms. The molecular weight excluding hydrogens is 455 g/mol. The molecule has 0 bridgehead atoms. The minimum absolute atomic E-state index is 0.690. The molecule has 0 aliphatic carbocycles. The number of halogens is 2. The third-order valence-corrected chi connectivity index (χ3v) is 6.90. The molecule has 0 heterocycles. The molecule has 4 rings (SSSR count). The molecule has 0 N–H and O–H groups in total. The van der Waals surface area contributed by atoms with E-state index in [1.165, 1.54) is 0 Å². The molecule has 2 nitrogen and oxygen atoms in total. The number of rotatable bonds is 7. The Morgan fingerprint density at radius 1 is 0.400 bits per heavy atom. The van der Waals surface area contributed by atoms with E-state index in [0.717, 1.165) is 32.8 Å². The lowest BCUT2D eigenvalue weighted by molar-refractivity contribution is 0.482. The van der Waals surface area contributed by atoms with Gasteiger partial charge in [-0.2, -0.15) is 0 Å². The summed E-state index contributed by atoms with van der Waals surface area (Å²) in [5.74, 6) is 3.09. The highest BCUT2D eigenvalue weighted by atomic mass is 35.5. The van der Waals surface area contributed by atoms with Crippen LogP contribution in [-0.2, 0) is 0 Å². The quantitative estimate of drug-likeness (QED) is 0.250. The van der Waals surface area contributed by atoms with Gasteiger partial charge in [0.15, 0.2) is 0 Å². The van der Waals surface area contributed by atoms with Crippen molar-refractivity contribution in [3.05, 3.63) is 107 Å². The standard InChI is InChI=1S/C24H16Cl2O2S2/c25-17-1-5-19(6-2-17)27-21-9-13-23(14-10-21)29-30-24-15-11-22(12-16-24)28-20-7-3-18(26)4-8-20/h1-16H. The largest absolute Gasteiger partial charge is 0.457 e. The van der Waals surface area contributed by atoms with E-state index in [1.54, 1.807) is 21.6 Å². The van der Waals surface area contributed by atoms with Gasteiger partial charge in [0.1, 0.15) is 23.0 Å². The van der Waals surface area contributed by atoms with E-state index in [9.17, 15) is 0 Å².